The Kier molecular flexibility index (Phi) is 8.32. The molecule has 0 spiro atoms. The van der Waals surface area contributed by atoms with Crippen LogP contribution in [-0.2, 0) is 19.1 Å². The summed E-state index contributed by atoms with van der Waals surface area (Å²) in [5.41, 5.74) is -1.09. The minimum absolute atomic E-state index is 0.0414. The number of esters is 2. The van der Waals surface area contributed by atoms with Gasteiger partial charge in [-0.2, -0.15) is 30.7 Å². The first-order chi connectivity index (χ1) is 12.6. The van der Waals surface area contributed by atoms with Crippen LogP contribution in [0.3, 0.4) is 0 Å². The van der Waals surface area contributed by atoms with Crippen molar-refractivity contribution in [1.82, 2.24) is 0 Å². The third-order valence-electron chi connectivity index (χ3n) is 3.54. The summed E-state index contributed by atoms with van der Waals surface area (Å²) >= 11 is 0. The van der Waals surface area contributed by atoms with Crippen molar-refractivity contribution in [2.45, 2.75) is 51.3 Å². The van der Waals surface area contributed by atoms with Crippen LogP contribution in [0.15, 0.2) is 12.2 Å². The number of ether oxygens (including phenoxy) is 2. The molecule has 0 rings (SSSR count). The summed E-state index contributed by atoms with van der Waals surface area (Å²) in [5.74, 6) is -13.9. The van der Waals surface area contributed by atoms with Crippen LogP contribution >= 0.6 is 0 Å². The van der Waals surface area contributed by atoms with E-state index in [-0.39, 0.29) is 5.57 Å². The fraction of sp³-hybridized carbons (Fsp3) is 0.765. The molecule has 0 radical (unpaired) electrons. The molecule has 1 unspecified atom stereocenters. The van der Waals surface area contributed by atoms with Crippen molar-refractivity contribution in [3.05, 3.63) is 12.2 Å². The molecule has 0 aromatic rings. The second-order valence-electron chi connectivity index (χ2n) is 7.94. The van der Waals surface area contributed by atoms with E-state index in [4.69, 9.17) is 4.74 Å². The van der Waals surface area contributed by atoms with E-state index in [0.29, 0.717) is 0 Å². The molecular formula is C17H25F7NO4+. The van der Waals surface area contributed by atoms with Gasteiger partial charge in [-0.25, -0.2) is 9.59 Å². The smallest absolute Gasteiger partial charge is 0.456 e. The van der Waals surface area contributed by atoms with Crippen molar-refractivity contribution in [2.24, 2.45) is 0 Å². The Hall–Kier alpha value is -1.85. The number of carbonyl (C=O) groups excluding carboxylic acids is 2. The third-order valence-corrected chi connectivity index (χ3v) is 3.54. The molecule has 0 heterocycles. The maximum Gasteiger partial charge on any atom is 0.460 e. The number of nitrogens with zero attached hydrogens (tertiary/aromatic N) is 1. The highest BCUT2D eigenvalue weighted by Crippen LogP contribution is 2.47. The predicted molar refractivity (Wildman–Crippen MR) is 88.4 cm³/mol. The van der Waals surface area contributed by atoms with Gasteiger partial charge in [0.05, 0.1) is 7.05 Å². The van der Waals surface area contributed by atoms with E-state index in [1.54, 1.807) is 0 Å². The minimum Gasteiger partial charge on any atom is -0.456 e. The van der Waals surface area contributed by atoms with Gasteiger partial charge in [-0.1, -0.05) is 6.58 Å². The molecule has 29 heavy (non-hydrogen) atoms. The molecule has 0 aliphatic rings. The van der Waals surface area contributed by atoms with Gasteiger partial charge in [0.15, 0.2) is 13.1 Å². The molecule has 0 aliphatic heterocycles. The van der Waals surface area contributed by atoms with Gasteiger partial charge in [0, 0.05) is 5.57 Å². The third kappa shape index (κ3) is 8.19. The van der Waals surface area contributed by atoms with Crippen molar-refractivity contribution in [3.63, 3.8) is 0 Å². The van der Waals surface area contributed by atoms with Crippen LogP contribution in [0.4, 0.5) is 30.7 Å². The Bertz CT molecular complexity index is 626. The highest BCUT2D eigenvalue weighted by molar-refractivity contribution is 5.86. The molecule has 0 saturated heterocycles. The summed E-state index contributed by atoms with van der Waals surface area (Å²) in [6, 6.07) is 0. The molecule has 0 amide bonds. The zero-order valence-corrected chi connectivity index (χ0v) is 16.8. The lowest BCUT2D eigenvalue weighted by atomic mass is 10.1. The molecule has 0 N–H and O–H groups in total. The summed E-state index contributed by atoms with van der Waals surface area (Å²) in [7, 11) is 0.860. The van der Waals surface area contributed by atoms with Gasteiger partial charge in [-0.3, -0.25) is 0 Å². The fourth-order valence-electron chi connectivity index (χ4n) is 2.17. The van der Waals surface area contributed by atoms with Gasteiger partial charge in [0.25, 0.3) is 0 Å². The van der Waals surface area contributed by atoms with Gasteiger partial charge in [0.2, 0.25) is 0 Å². The standard InChI is InChI=1S/C17H25F7NO4/c1-11(2)13(27)28-8-7-25(6,9-12(26)29-14(3,4)5)10-15(18,19)16(20,21)17(22,23)24/h1,7-10H2,2-6H3/q+1. The van der Waals surface area contributed by atoms with Crippen LogP contribution < -0.4 is 0 Å². The lowest BCUT2D eigenvalue weighted by molar-refractivity contribution is -0.912. The molecule has 5 nitrogen and oxygen atoms in total. The molecule has 170 valence electrons. The Balaban J connectivity index is 5.63. The Morgan fingerprint density at radius 1 is 1.00 bits per heavy atom. The Morgan fingerprint density at radius 3 is 1.86 bits per heavy atom. The SMILES string of the molecule is C=C(C)C(=O)OCC[N+](C)(CC(=O)OC(C)(C)C)CC(F)(F)C(F)(F)C(F)(F)F. The molecule has 1 atom stereocenters. The van der Waals surface area contributed by atoms with Crippen LogP contribution in [0.1, 0.15) is 27.7 Å². The minimum atomic E-state index is -6.50. The predicted octanol–water partition coefficient (Wildman–Crippen LogP) is 3.73. The van der Waals surface area contributed by atoms with Gasteiger partial charge >= 0.3 is 30.0 Å². The highest BCUT2D eigenvalue weighted by atomic mass is 19.4. The number of halogens is 7. The second kappa shape index (κ2) is 8.88. The number of carbonyl (C=O) groups is 2. The first kappa shape index (κ1) is 27.1. The number of hydrogen-bond acceptors (Lipinski definition) is 4. The largest absolute Gasteiger partial charge is 0.460 e. The summed E-state index contributed by atoms with van der Waals surface area (Å²) in [6.07, 6.45) is -6.50. The number of quaternary nitrogens is 1. The van der Waals surface area contributed by atoms with Crippen LogP contribution in [0, 0.1) is 0 Å². The first-order valence-corrected chi connectivity index (χ1v) is 8.34. The van der Waals surface area contributed by atoms with Crippen LogP contribution in [-0.4, -0.2) is 73.3 Å². The van der Waals surface area contributed by atoms with Crippen molar-refractivity contribution < 1.29 is 54.3 Å². The monoisotopic (exact) mass is 440 g/mol. The van der Waals surface area contributed by atoms with Gasteiger partial charge in [-0.05, 0) is 27.7 Å². The van der Waals surface area contributed by atoms with Crippen LogP contribution in [0.2, 0.25) is 0 Å². The number of rotatable bonds is 9. The summed E-state index contributed by atoms with van der Waals surface area (Å²) in [6.45, 7) is 4.65. The second-order valence-corrected chi connectivity index (χ2v) is 7.94. The number of hydrogen-bond donors (Lipinski definition) is 0. The molecule has 0 aromatic carbocycles. The van der Waals surface area contributed by atoms with Crippen LogP contribution in [0.5, 0.6) is 0 Å². The van der Waals surface area contributed by atoms with E-state index in [0.717, 1.165) is 7.05 Å². The summed E-state index contributed by atoms with van der Waals surface area (Å²) in [4.78, 5) is 23.4. The van der Waals surface area contributed by atoms with Crippen LogP contribution in [0.25, 0.3) is 0 Å². The van der Waals surface area contributed by atoms with E-state index in [1.807, 2.05) is 0 Å². The van der Waals surface area contributed by atoms with Crippen molar-refractivity contribution >= 4 is 11.9 Å². The van der Waals surface area contributed by atoms with Crippen molar-refractivity contribution in [1.29, 1.82) is 0 Å². The Morgan fingerprint density at radius 2 is 1.48 bits per heavy atom. The average Bonchev–Trinajstić information content (AvgIpc) is 2.42. The molecule has 0 bridgehead atoms. The average molecular weight is 440 g/mol. The van der Waals surface area contributed by atoms with E-state index < -0.39 is 66.3 Å². The number of likely N-dealkylation sites (N-methyl/N-ethyl adjacent to an activating group) is 1. The maximum absolute atomic E-state index is 13.9. The van der Waals surface area contributed by atoms with Gasteiger partial charge in [-0.15, -0.1) is 0 Å². The Labute approximate surface area is 164 Å². The zero-order valence-electron chi connectivity index (χ0n) is 16.8. The molecule has 0 fully saturated rings. The highest BCUT2D eigenvalue weighted by Gasteiger charge is 2.74. The van der Waals surface area contributed by atoms with Gasteiger partial charge < -0.3 is 14.0 Å². The normalized spacial score (nSPS) is 15.4. The van der Waals surface area contributed by atoms with E-state index in [2.05, 4.69) is 11.3 Å². The first-order valence-electron chi connectivity index (χ1n) is 8.34. The zero-order chi connectivity index (χ0) is 23.5. The fourth-order valence-corrected chi connectivity index (χ4v) is 2.17. The quantitative estimate of drug-likeness (QED) is 0.237. The van der Waals surface area contributed by atoms with E-state index in [1.165, 1.54) is 27.7 Å². The number of alkyl halides is 7. The lowest BCUT2D eigenvalue weighted by Gasteiger charge is -2.38. The molecule has 0 aliphatic carbocycles. The van der Waals surface area contributed by atoms with E-state index >= 15 is 0 Å². The topological polar surface area (TPSA) is 52.6 Å². The maximum atomic E-state index is 13.9. The summed E-state index contributed by atoms with van der Waals surface area (Å²) < 4.78 is 100. The molecule has 0 aromatic heterocycles. The lowest BCUT2D eigenvalue weighted by Crippen LogP contribution is -2.63. The summed E-state index contributed by atoms with van der Waals surface area (Å²) in [5, 5.41) is 0. The van der Waals surface area contributed by atoms with Crippen molar-refractivity contribution in [3.8, 4) is 0 Å². The molecule has 0 saturated carbocycles. The van der Waals surface area contributed by atoms with Crippen molar-refractivity contribution in [2.75, 3.05) is 33.3 Å². The van der Waals surface area contributed by atoms with Gasteiger partial charge in [0.1, 0.15) is 18.8 Å². The van der Waals surface area contributed by atoms with E-state index in [9.17, 15) is 40.3 Å². The molecule has 12 heteroatoms. The molecular weight excluding hydrogens is 415 g/mol.